The highest BCUT2D eigenvalue weighted by Gasteiger charge is 2.37. The minimum absolute atomic E-state index is 0.0346. The van der Waals surface area contributed by atoms with Gasteiger partial charge in [-0.1, -0.05) is 20.8 Å². The molecule has 1 saturated heterocycles. The maximum absolute atomic E-state index is 12.4. The molecule has 1 rings (SSSR count). The third kappa shape index (κ3) is 4.41. The van der Waals surface area contributed by atoms with Crippen molar-refractivity contribution < 1.29 is 9.59 Å². The van der Waals surface area contributed by atoms with Crippen LogP contribution >= 0.6 is 11.8 Å². The summed E-state index contributed by atoms with van der Waals surface area (Å²) < 4.78 is 0. The van der Waals surface area contributed by atoms with Crippen molar-refractivity contribution >= 4 is 23.6 Å². The van der Waals surface area contributed by atoms with Crippen molar-refractivity contribution in [3.05, 3.63) is 0 Å². The number of carbonyl (C=O) groups excluding carboxylic acids is 2. The fourth-order valence-corrected chi connectivity index (χ4v) is 3.37. The first kappa shape index (κ1) is 16.3. The van der Waals surface area contributed by atoms with E-state index in [9.17, 15) is 9.59 Å². The van der Waals surface area contributed by atoms with Gasteiger partial charge in [0.15, 0.2) is 0 Å². The van der Waals surface area contributed by atoms with E-state index in [-0.39, 0.29) is 23.3 Å². The number of carbonyl (C=O) groups is 2. The molecule has 110 valence electrons. The Balaban J connectivity index is 2.73. The van der Waals surface area contributed by atoms with Crippen LogP contribution in [0.1, 0.15) is 41.0 Å². The molecule has 0 aromatic carbocycles. The van der Waals surface area contributed by atoms with Gasteiger partial charge in [0.1, 0.15) is 6.04 Å². The lowest BCUT2D eigenvalue weighted by Crippen LogP contribution is -2.49. The van der Waals surface area contributed by atoms with Crippen molar-refractivity contribution in [1.29, 1.82) is 0 Å². The molecule has 0 radical (unpaired) electrons. The molecule has 4 nitrogen and oxygen atoms in total. The van der Waals surface area contributed by atoms with Crippen LogP contribution in [0.15, 0.2) is 0 Å². The Kier molecular flexibility index (Phi) is 5.71. The number of rotatable bonds is 4. The van der Waals surface area contributed by atoms with E-state index in [1.807, 2.05) is 18.7 Å². The van der Waals surface area contributed by atoms with Crippen LogP contribution in [-0.4, -0.2) is 52.4 Å². The van der Waals surface area contributed by atoms with Crippen LogP contribution in [0.2, 0.25) is 0 Å². The highest BCUT2D eigenvalue weighted by molar-refractivity contribution is 7.99. The number of amides is 2. The molecule has 0 spiro atoms. The summed E-state index contributed by atoms with van der Waals surface area (Å²) >= 11 is 1.67. The largest absolute Gasteiger partial charge is 0.341 e. The minimum Gasteiger partial charge on any atom is -0.341 e. The summed E-state index contributed by atoms with van der Waals surface area (Å²) in [7, 11) is 0. The molecular weight excluding hydrogens is 260 g/mol. The SMILES string of the molecule is CCN(CC)C(=O)C1CSCN1C(=O)CC(C)(C)C. The van der Waals surface area contributed by atoms with E-state index in [0.717, 1.165) is 5.75 Å². The van der Waals surface area contributed by atoms with Crippen molar-refractivity contribution in [3.63, 3.8) is 0 Å². The lowest BCUT2D eigenvalue weighted by Gasteiger charge is -2.30. The van der Waals surface area contributed by atoms with Crippen molar-refractivity contribution in [2.45, 2.75) is 47.1 Å². The molecular formula is C14H26N2O2S. The van der Waals surface area contributed by atoms with E-state index < -0.39 is 0 Å². The number of thioether (sulfide) groups is 1. The highest BCUT2D eigenvalue weighted by Crippen LogP contribution is 2.27. The molecule has 0 aliphatic carbocycles. The molecule has 2 amide bonds. The number of likely N-dealkylation sites (N-methyl/N-ethyl adjacent to an activating group) is 1. The van der Waals surface area contributed by atoms with Crippen molar-refractivity contribution in [2.24, 2.45) is 5.41 Å². The normalized spacial score (nSPS) is 19.6. The third-order valence-electron chi connectivity index (χ3n) is 3.24. The van der Waals surface area contributed by atoms with Crippen LogP contribution in [0.25, 0.3) is 0 Å². The predicted molar refractivity (Wildman–Crippen MR) is 80.0 cm³/mol. The van der Waals surface area contributed by atoms with Gasteiger partial charge in [-0.2, -0.15) is 0 Å². The molecule has 0 aromatic rings. The number of hydrogen-bond donors (Lipinski definition) is 0. The van der Waals surface area contributed by atoms with Gasteiger partial charge in [0.2, 0.25) is 11.8 Å². The van der Waals surface area contributed by atoms with Crippen LogP contribution in [0.5, 0.6) is 0 Å². The van der Waals surface area contributed by atoms with Crippen molar-refractivity contribution in [1.82, 2.24) is 9.80 Å². The lowest BCUT2D eigenvalue weighted by molar-refractivity contribution is -0.144. The summed E-state index contributed by atoms with van der Waals surface area (Å²) in [4.78, 5) is 28.3. The molecule has 0 N–H and O–H groups in total. The molecule has 0 saturated carbocycles. The van der Waals surface area contributed by atoms with Gasteiger partial charge >= 0.3 is 0 Å². The maximum Gasteiger partial charge on any atom is 0.246 e. The van der Waals surface area contributed by atoms with Gasteiger partial charge in [-0.3, -0.25) is 9.59 Å². The molecule has 0 aromatic heterocycles. The monoisotopic (exact) mass is 286 g/mol. The third-order valence-corrected chi connectivity index (χ3v) is 4.26. The van der Waals surface area contributed by atoms with Gasteiger partial charge in [0.25, 0.3) is 0 Å². The zero-order valence-electron chi connectivity index (χ0n) is 12.7. The zero-order chi connectivity index (χ0) is 14.6. The summed E-state index contributed by atoms with van der Waals surface area (Å²) in [6, 6.07) is -0.264. The summed E-state index contributed by atoms with van der Waals surface area (Å²) in [6.45, 7) is 11.5. The van der Waals surface area contributed by atoms with E-state index in [1.165, 1.54) is 0 Å². The second-order valence-electron chi connectivity index (χ2n) is 6.13. The smallest absolute Gasteiger partial charge is 0.246 e. The Morgan fingerprint density at radius 1 is 1.26 bits per heavy atom. The molecule has 1 heterocycles. The average Bonchev–Trinajstić information content (AvgIpc) is 2.76. The van der Waals surface area contributed by atoms with E-state index in [4.69, 9.17) is 0 Å². The number of nitrogens with zero attached hydrogens (tertiary/aromatic N) is 2. The van der Waals surface area contributed by atoms with Crippen molar-refractivity contribution in [3.8, 4) is 0 Å². The first-order valence-electron chi connectivity index (χ1n) is 6.96. The maximum atomic E-state index is 12.4. The summed E-state index contributed by atoms with van der Waals surface area (Å²) in [5.74, 6) is 1.57. The van der Waals surface area contributed by atoms with Crippen LogP contribution in [0.4, 0.5) is 0 Å². The molecule has 1 unspecified atom stereocenters. The van der Waals surface area contributed by atoms with Gasteiger partial charge in [0.05, 0.1) is 5.88 Å². The topological polar surface area (TPSA) is 40.6 Å². The van der Waals surface area contributed by atoms with Crippen LogP contribution in [0, 0.1) is 5.41 Å². The Morgan fingerprint density at radius 3 is 2.32 bits per heavy atom. The van der Waals surface area contributed by atoms with Crippen molar-refractivity contribution in [2.75, 3.05) is 24.7 Å². The summed E-state index contributed by atoms with van der Waals surface area (Å²) in [5, 5.41) is 0. The van der Waals surface area contributed by atoms with Gasteiger partial charge in [-0.25, -0.2) is 0 Å². The first-order chi connectivity index (χ1) is 8.80. The Hall–Kier alpha value is -0.710. The molecule has 1 fully saturated rings. The second-order valence-corrected chi connectivity index (χ2v) is 7.13. The Labute approximate surface area is 120 Å². The average molecular weight is 286 g/mol. The Morgan fingerprint density at radius 2 is 1.84 bits per heavy atom. The molecule has 1 aliphatic rings. The minimum atomic E-state index is -0.264. The van der Waals surface area contributed by atoms with E-state index in [0.29, 0.717) is 25.4 Å². The standard InChI is InChI=1S/C14H26N2O2S/c1-6-15(7-2)13(18)11-9-19-10-16(11)12(17)8-14(3,4)5/h11H,6-10H2,1-5H3. The quantitative estimate of drug-likeness (QED) is 0.795. The summed E-state index contributed by atoms with van der Waals surface area (Å²) in [6.07, 6.45) is 0.496. The lowest BCUT2D eigenvalue weighted by atomic mass is 9.91. The first-order valence-corrected chi connectivity index (χ1v) is 8.11. The van der Waals surface area contributed by atoms with Crippen LogP contribution < -0.4 is 0 Å². The predicted octanol–water partition coefficient (Wildman–Crippen LogP) is 2.19. The van der Waals surface area contributed by atoms with E-state index >= 15 is 0 Å². The fraction of sp³-hybridized carbons (Fsp3) is 0.857. The Bertz CT molecular complexity index is 335. The van der Waals surface area contributed by atoms with Gasteiger partial charge in [-0.05, 0) is 19.3 Å². The van der Waals surface area contributed by atoms with E-state index in [2.05, 4.69) is 20.8 Å². The molecule has 0 bridgehead atoms. The second kappa shape index (κ2) is 6.64. The molecule has 19 heavy (non-hydrogen) atoms. The van der Waals surface area contributed by atoms with E-state index in [1.54, 1.807) is 16.7 Å². The van der Waals surface area contributed by atoms with Crippen LogP contribution in [-0.2, 0) is 9.59 Å². The van der Waals surface area contributed by atoms with Gasteiger partial charge in [-0.15, -0.1) is 11.8 Å². The van der Waals surface area contributed by atoms with Gasteiger partial charge in [0, 0.05) is 25.3 Å². The van der Waals surface area contributed by atoms with Gasteiger partial charge < -0.3 is 9.80 Å². The fourth-order valence-electron chi connectivity index (χ4n) is 2.19. The molecule has 1 aliphatic heterocycles. The zero-order valence-corrected chi connectivity index (χ0v) is 13.5. The molecule has 5 heteroatoms. The molecule has 1 atom stereocenters. The highest BCUT2D eigenvalue weighted by atomic mass is 32.2. The van der Waals surface area contributed by atoms with Crippen LogP contribution in [0.3, 0.4) is 0 Å². The summed E-state index contributed by atoms with van der Waals surface area (Å²) in [5.41, 5.74) is -0.0346. The number of hydrogen-bond acceptors (Lipinski definition) is 3.